The maximum Gasteiger partial charge on any atom is 0.191 e. The van der Waals surface area contributed by atoms with Crippen LogP contribution in [0.15, 0.2) is 54.0 Å². The molecule has 2 rings (SSSR count). The molecule has 156 valence electrons. The lowest BCUT2D eigenvalue weighted by Gasteiger charge is -2.17. The van der Waals surface area contributed by atoms with Gasteiger partial charge in [-0.15, -0.1) is 6.58 Å². The number of aliphatic imine (C=N–C) groups is 1. The Hall–Kier alpha value is -3.15. The van der Waals surface area contributed by atoms with Crippen molar-refractivity contribution in [1.82, 2.24) is 10.6 Å². The van der Waals surface area contributed by atoms with Gasteiger partial charge in [0, 0.05) is 31.3 Å². The lowest BCUT2D eigenvalue weighted by Crippen LogP contribution is -2.36. The minimum Gasteiger partial charge on any atom is -0.494 e. The zero-order chi connectivity index (χ0) is 21.1. The van der Waals surface area contributed by atoms with Crippen molar-refractivity contribution in [3.8, 4) is 17.2 Å². The first-order valence-corrected chi connectivity index (χ1v) is 9.66. The average molecular weight is 398 g/mol. The van der Waals surface area contributed by atoms with E-state index in [0.717, 1.165) is 28.2 Å². The molecule has 0 saturated carbocycles. The van der Waals surface area contributed by atoms with Crippen LogP contribution >= 0.6 is 0 Å². The third-order valence-corrected chi connectivity index (χ3v) is 4.38. The molecule has 0 fully saturated rings. The number of benzene rings is 2. The van der Waals surface area contributed by atoms with Crippen molar-refractivity contribution in [1.29, 1.82) is 0 Å². The van der Waals surface area contributed by atoms with Crippen molar-refractivity contribution in [3.63, 3.8) is 0 Å². The molecule has 0 bridgehead atoms. The van der Waals surface area contributed by atoms with Gasteiger partial charge in [-0.2, -0.15) is 0 Å². The number of guanidine groups is 1. The van der Waals surface area contributed by atoms with Crippen LogP contribution in [0.25, 0.3) is 0 Å². The van der Waals surface area contributed by atoms with Gasteiger partial charge in [0.05, 0.1) is 20.8 Å². The Morgan fingerprint density at radius 2 is 1.79 bits per heavy atom. The van der Waals surface area contributed by atoms with Crippen molar-refractivity contribution in [3.05, 3.63) is 65.7 Å². The summed E-state index contributed by atoms with van der Waals surface area (Å²) in [5, 5.41) is 6.67. The number of rotatable bonds is 10. The van der Waals surface area contributed by atoms with E-state index in [1.165, 1.54) is 0 Å². The van der Waals surface area contributed by atoms with Gasteiger partial charge in [-0.3, -0.25) is 4.99 Å². The standard InChI is InChI=1S/C23H31N3O3/c1-6-10-18-13-17(14-21(27-4)22(18)28-5)15-25-23(24-3)26-16-19-11-8-9-12-20(19)29-7-2/h6,8-9,11-14H,1,7,10,15-16H2,2-5H3,(H2,24,25,26). The summed E-state index contributed by atoms with van der Waals surface area (Å²) >= 11 is 0. The highest BCUT2D eigenvalue weighted by molar-refractivity contribution is 5.79. The molecule has 0 unspecified atom stereocenters. The topological polar surface area (TPSA) is 64.1 Å². The van der Waals surface area contributed by atoms with E-state index in [2.05, 4.69) is 28.3 Å². The van der Waals surface area contributed by atoms with Gasteiger partial charge < -0.3 is 24.8 Å². The van der Waals surface area contributed by atoms with E-state index in [9.17, 15) is 0 Å². The van der Waals surface area contributed by atoms with Gasteiger partial charge in [0.15, 0.2) is 17.5 Å². The third-order valence-electron chi connectivity index (χ3n) is 4.38. The minimum absolute atomic E-state index is 0.595. The summed E-state index contributed by atoms with van der Waals surface area (Å²) in [4.78, 5) is 4.31. The fourth-order valence-electron chi connectivity index (χ4n) is 3.05. The Kier molecular flexibility index (Phi) is 8.89. The Morgan fingerprint density at radius 3 is 2.45 bits per heavy atom. The number of hydrogen-bond donors (Lipinski definition) is 2. The van der Waals surface area contributed by atoms with Crippen LogP contribution in [0.3, 0.4) is 0 Å². The molecule has 29 heavy (non-hydrogen) atoms. The van der Waals surface area contributed by atoms with Crippen LogP contribution in [0, 0.1) is 0 Å². The normalized spacial score (nSPS) is 11.0. The molecule has 0 amide bonds. The number of methoxy groups -OCH3 is 2. The number of hydrogen-bond acceptors (Lipinski definition) is 4. The first-order chi connectivity index (χ1) is 14.2. The van der Waals surface area contributed by atoms with Crippen LogP contribution in [0.5, 0.6) is 17.2 Å². The summed E-state index contributed by atoms with van der Waals surface area (Å²) in [6.07, 6.45) is 2.55. The summed E-state index contributed by atoms with van der Waals surface area (Å²) in [5.41, 5.74) is 3.18. The third kappa shape index (κ3) is 6.17. The van der Waals surface area contributed by atoms with Gasteiger partial charge in [0.25, 0.3) is 0 Å². The maximum absolute atomic E-state index is 5.68. The molecule has 0 aliphatic carbocycles. The summed E-state index contributed by atoms with van der Waals surface area (Å²) in [6.45, 7) is 7.65. The van der Waals surface area contributed by atoms with Crippen LogP contribution in [0.1, 0.15) is 23.6 Å². The largest absolute Gasteiger partial charge is 0.494 e. The number of allylic oxidation sites excluding steroid dienone is 1. The Bertz CT molecular complexity index is 834. The maximum atomic E-state index is 5.68. The van der Waals surface area contributed by atoms with Gasteiger partial charge in [-0.1, -0.05) is 24.3 Å². The van der Waals surface area contributed by atoms with E-state index in [1.54, 1.807) is 21.3 Å². The van der Waals surface area contributed by atoms with Crippen molar-refractivity contribution in [2.75, 3.05) is 27.9 Å². The number of para-hydroxylation sites is 1. The highest BCUT2D eigenvalue weighted by Gasteiger charge is 2.12. The fourth-order valence-corrected chi connectivity index (χ4v) is 3.05. The van der Waals surface area contributed by atoms with Crippen LogP contribution in [0.2, 0.25) is 0 Å². The molecule has 0 aliphatic rings. The predicted molar refractivity (Wildman–Crippen MR) is 118 cm³/mol. The van der Waals surface area contributed by atoms with Crippen molar-refractivity contribution in [2.45, 2.75) is 26.4 Å². The van der Waals surface area contributed by atoms with Crippen LogP contribution in [-0.4, -0.2) is 33.8 Å². The molecule has 2 N–H and O–H groups in total. The zero-order valence-corrected chi connectivity index (χ0v) is 17.7. The van der Waals surface area contributed by atoms with Gasteiger partial charge in [-0.25, -0.2) is 0 Å². The van der Waals surface area contributed by atoms with E-state index in [1.807, 2.05) is 43.3 Å². The minimum atomic E-state index is 0.595. The molecule has 2 aromatic rings. The zero-order valence-electron chi connectivity index (χ0n) is 17.7. The molecule has 0 heterocycles. The predicted octanol–water partition coefficient (Wildman–Crippen LogP) is 3.70. The van der Waals surface area contributed by atoms with Gasteiger partial charge in [-0.05, 0) is 37.1 Å². The second kappa shape index (κ2) is 11.6. The van der Waals surface area contributed by atoms with E-state index in [-0.39, 0.29) is 0 Å². The first-order valence-electron chi connectivity index (χ1n) is 9.66. The molecule has 6 nitrogen and oxygen atoms in total. The number of nitrogens with zero attached hydrogens (tertiary/aromatic N) is 1. The lowest BCUT2D eigenvalue weighted by atomic mass is 10.1. The molecule has 0 atom stereocenters. The van der Waals surface area contributed by atoms with E-state index >= 15 is 0 Å². The van der Waals surface area contributed by atoms with Crippen molar-refractivity contribution in [2.24, 2.45) is 4.99 Å². The van der Waals surface area contributed by atoms with Crippen LogP contribution < -0.4 is 24.8 Å². The SMILES string of the molecule is C=CCc1cc(CNC(=NC)NCc2ccccc2OCC)cc(OC)c1OC. The molecule has 0 spiro atoms. The molecular formula is C23H31N3O3. The smallest absolute Gasteiger partial charge is 0.191 e. The van der Waals surface area contributed by atoms with E-state index in [0.29, 0.717) is 37.8 Å². The first kappa shape index (κ1) is 22.1. The van der Waals surface area contributed by atoms with E-state index in [4.69, 9.17) is 14.2 Å². The van der Waals surface area contributed by atoms with Crippen LogP contribution in [0.4, 0.5) is 0 Å². The molecule has 0 aromatic heterocycles. The van der Waals surface area contributed by atoms with Gasteiger partial charge >= 0.3 is 0 Å². The van der Waals surface area contributed by atoms with Crippen LogP contribution in [-0.2, 0) is 19.5 Å². The highest BCUT2D eigenvalue weighted by atomic mass is 16.5. The summed E-state index contributed by atoms with van der Waals surface area (Å²) in [5.74, 6) is 3.03. The Labute approximate surface area is 173 Å². The Balaban J connectivity index is 2.06. The Morgan fingerprint density at radius 1 is 1.03 bits per heavy atom. The summed E-state index contributed by atoms with van der Waals surface area (Å²) in [6, 6.07) is 12.0. The molecule has 6 heteroatoms. The molecule has 0 radical (unpaired) electrons. The average Bonchev–Trinajstić information content (AvgIpc) is 2.75. The van der Waals surface area contributed by atoms with Crippen molar-refractivity contribution < 1.29 is 14.2 Å². The molecular weight excluding hydrogens is 366 g/mol. The number of ether oxygens (including phenoxy) is 3. The number of nitrogens with one attached hydrogen (secondary N) is 2. The van der Waals surface area contributed by atoms with Gasteiger partial charge in [0.2, 0.25) is 0 Å². The second-order valence-corrected chi connectivity index (χ2v) is 6.30. The second-order valence-electron chi connectivity index (χ2n) is 6.30. The van der Waals surface area contributed by atoms with Gasteiger partial charge in [0.1, 0.15) is 5.75 Å². The molecule has 0 aliphatic heterocycles. The highest BCUT2D eigenvalue weighted by Crippen LogP contribution is 2.33. The summed E-state index contributed by atoms with van der Waals surface area (Å²) < 4.78 is 16.7. The fraction of sp³-hybridized carbons (Fsp3) is 0.348. The van der Waals surface area contributed by atoms with Crippen molar-refractivity contribution >= 4 is 5.96 Å². The summed E-state index contributed by atoms with van der Waals surface area (Å²) in [7, 11) is 5.04. The monoisotopic (exact) mass is 397 g/mol. The van der Waals surface area contributed by atoms with E-state index < -0.39 is 0 Å². The molecule has 0 saturated heterocycles. The molecule has 2 aromatic carbocycles. The quantitative estimate of drug-likeness (QED) is 0.364. The lowest BCUT2D eigenvalue weighted by molar-refractivity contribution is 0.336.